The molecule has 1 saturated carbocycles. The quantitative estimate of drug-likeness (QED) is 0.195. The molecule has 0 radical (unpaired) electrons. The smallest absolute Gasteiger partial charge is 0.243 e. The number of amides is 2. The molecule has 5 rings (SSSR count). The minimum absolute atomic E-state index is 0.0318. The number of carbonyl (C=O) groups excluding carboxylic acids is 2. The molecular weight excluding hydrogens is 598 g/mol. The van der Waals surface area contributed by atoms with E-state index >= 15 is 0 Å². The van der Waals surface area contributed by atoms with E-state index in [2.05, 4.69) is 16.1 Å². The summed E-state index contributed by atoms with van der Waals surface area (Å²) in [5.74, 6) is 0.406. The van der Waals surface area contributed by atoms with E-state index in [0.29, 0.717) is 19.4 Å². The van der Waals surface area contributed by atoms with Crippen molar-refractivity contribution in [2.24, 2.45) is 0 Å². The minimum atomic E-state index is -3.55. The molecule has 3 aromatic carbocycles. The fourth-order valence-corrected chi connectivity index (χ4v) is 7.10. The Labute approximate surface area is 273 Å². The van der Waals surface area contributed by atoms with E-state index in [1.807, 2.05) is 54.6 Å². The van der Waals surface area contributed by atoms with Crippen molar-refractivity contribution in [3.05, 3.63) is 107 Å². The zero-order valence-corrected chi connectivity index (χ0v) is 27.4. The average Bonchev–Trinajstić information content (AvgIpc) is 3.90. The van der Waals surface area contributed by atoms with E-state index in [-0.39, 0.29) is 35.7 Å². The first-order valence-electron chi connectivity index (χ1n) is 16.3. The Morgan fingerprint density at radius 1 is 0.891 bits per heavy atom. The third-order valence-corrected chi connectivity index (χ3v) is 10.2. The van der Waals surface area contributed by atoms with Gasteiger partial charge < -0.3 is 15.0 Å². The van der Waals surface area contributed by atoms with Crippen LogP contribution in [0, 0.1) is 0 Å². The molecule has 244 valence electrons. The summed E-state index contributed by atoms with van der Waals surface area (Å²) in [4.78, 5) is 29.9. The van der Waals surface area contributed by atoms with E-state index in [9.17, 15) is 18.0 Å². The zero-order valence-electron chi connectivity index (χ0n) is 26.6. The zero-order chi connectivity index (χ0) is 32.4. The summed E-state index contributed by atoms with van der Waals surface area (Å²) in [5.41, 5.74) is 4.11. The largest absolute Gasteiger partial charge is 0.497 e. The molecule has 1 fully saturated rings. The first kappa shape index (κ1) is 33.4. The SMILES string of the molecule is COc1ccc(CN(C(=O)CCc2ccc(S(=O)(=O)NC3CC3)cc2)[C@H](Cc2ccccc2)C(=O)NCCC2=CCCCC2)cc1. The molecule has 3 aromatic rings. The normalized spacial score (nSPS) is 15.5. The van der Waals surface area contributed by atoms with Crippen molar-refractivity contribution in [1.29, 1.82) is 0 Å². The van der Waals surface area contributed by atoms with E-state index in [1.54, 1.807) is 36.3 Å². The van der Waals surface area contributed by atoms with Gasteiger partial charge in [-0.2, -0.15) is 0 Å². The van der Waals surface area contributed by atoms with E-state index in [4.69, 9.17) is 4.74 Å². The van der Waals surface area contributed by atoms with Crippen LogP contribution >= 0.6 is 0 Å². The van der Waals surface area contributed by atoms with Crippen LogP contribution in [0.4, 0.5) is 0 Å². The summed E-state index contributed by atoms with van der Waals surface area (Å²) in [6.45, 7) is 0.800. The monoisotopic (exact) mass is 643 g/mol. The van der Waals surface area contributed by atoms with Crippen molar-refractivity contribution in [3.63, 3.8) is 0 Å². The lowest BCUT2D eigenvalue weighted by Crippen LogP contribution is -2.50. The highest BCUT2D eigenvalue weighted by Gasteiger charge is 2.31. The molecule has 0 saturated heterocycles. The van der Waals surface area contributed by atoms with Crippen molar-refractivity contribution in [2.75, 3.05) is 13.7 Å². The Kier molecular flexibility index (Phi) is 11.7. The van der Waals surface area contributed by atoms with Gasteiger partial charge in [-0.1, -0.05) is 66.2 Å². The molecular formula is C37H45N3O5S. The Hall–Kier alpha value is -3.95. The van der Waals surface area contributed by atoms with E-state index < -0.39 is 16.1 Å². The van der Waals surface area contributed by atoms with Crippen molar-refractivity contribution in [1.82, 2.24) is 14.9 Å². The van der Waals surface area contributed by atoms with Crippen LogP contribution in [0.1, 0.15) is 68.1 Å². The number of sulfonamides is 1. The minimum Gasteiger partial charge on any atom is -0.497 e. The topological polar surface area (TPSA) is 105 Å². The predicted molar refractivity (Wildman–Crippen MR) is 180 cm³/mol. The van der Waals surface area contributed by atoms with Gasteiger partial charge in [-0.05, 0) is 92.3 Å². The van der Waals surface area contributed by atoms with E-state index in [1.165, 1.54) is 18.4 Å². The van der Waals surface area contributed by atoms with Gasteiger partial charge in [0, 0.05) is 32.0 Å². The number of carbonyl (C=O) groups is 2. The average molecular weight is 644 g/mol. The molecule has 2 amide bonds. The van der Waals surface area contributed by atoms with Crippen LogP contribution in [0.5, 0.6) is 5.75 Å². The number of rotatable bonds is 16. The molecule has 0 bridgehead atoms. The fraction of sp³-hybridized carbons (Fsp3) is 0.405. The van der Waals surface area contributed by atoms with Gasteiger partial charge in [0.2, 0.25) is 21.8 Å². The lowest BCUT2D eigenvalue weighted by atomic mass is 9.97. The molecule has 0 aliphatic heterocycles. The number of ether oxygens (including phenoxy) is 1. The van der Waals surface area contributed by atoms with Gasteiger partial charge in [-0.3, -0.25) is 9.59 Å². The van der Waals surface area contributed by atoms with Gasteiger partial charge in [-0.15, -0.1) is 0 Å². The number of nitrogens with one attached hydrogen (secondary N) is 2. The molecule has 46 heavy (non-hydrogen) atoms. The Morgan fingerprint density at radius 2 is 1.61 bits per heavy atom. The maximum Gasteiger partial charge on any atom is 0.243 e. The van der Waals surface area contributed by atoms with Crippen molar-refractivity contribution < 1.29 is 22.7 Å². The van der Waals surface area contributed by atoms with Crippen LogP contribution in [-0.4, -0.2) is 50.9 Å². The second-order valence-corrected chi connectivity index (χ2v) is 14.0. The maximum absolute atomic E-state index is 14.1. The molecule has 2 aliphatic rings. The van der Waals surface area contributed by atoms with Gasteiger partial charge in [-0.25, -0.2) is 13.1 Å². The van der Waals surface area contributed by atoms with E-state index in [0.717, 1.165) is 54.5 Å². The fourth-order valence-electron chi connectivity index (χ4n) is 5.80. The van der Waals surface area contributed by atoms with Crippen LogP contribution in [0.25, 0.3) is 0 Å². The molecule has 9 heteroatoms. The number of allylic oxidation sites excluding steroid dienone is 1. The summed E-state index contributed by atoms with van der Waals surface area (Å²) in [6.07, 6.45) is 10.4. The molecule has 1 atom stereocenters. The number of aryl methyl sites for hydroxylation is 1. The highest BCUT2D eigenvalue weighted by atomic mass is 32.2. The summed E-state index contributed by atoms with van der Waals surface area (Å²) in [7, 11) is -1.93. The highest BCUT2D eigenvalue weighted by Crippen LogP contribution is 2.24. The molecule has 2 aliphatic carbocycles. The number of hydrogen-bond donors (Lipinski definition) is 2. The summed E-state index contributed by atoms with van der Waals surface area (Å²) < 4.78 is 33.2. The van der Waals surface area contributed by atoms with Crippen LogP contribution in [-0.2, 0) is 39.0 Å². The van der Waals surface area contributed by atoms with Crippen LogP contribution in [0.3, 0.4) is 0 Å². The number of methoxy groups -OCH3 is 1. The van der Waals surface area contributed by atoms with Gasteiger partial charge in [0.05, 0.1) is 12.0 Å². The first-order valence-corrected chi connectivity index (χ1v) is 17.8. The highest BCUT2D eigenvalue weighted by molar-refractivity contribution is 7.89. The molecule has 0 aromatic heterocycles. The molecule has 0 spiro atoms. The third kappa shape index (κ3) is 9.77. The van der Waals surface area contributed by atoms with Gasteiger partial charge in [0.25, 0.3) is 0 Å². The van der Waals surface area contributed by atoms with Crippen LogP contribution in [0.15, 0.2) is 95.4 Å². The van der Waals surface area contributed by atoms with Crippen molar-refractivity contribution in [2.45, 2.75) is 87.7 Å². The summed E-state index contributed by atoms with van der Waals surface area (Å²) >= 11 is 0. The number of nitrogens with zero attached hydrogens (tertiary/aromatic N) is 1. The predicted octanol–water partition coefficient (Wildman–Crippen LogP) is 5.72. The van der Waals surface area contributed by atoms with Crippen LogP contribution < -0.4 is 14.8 Å². The third-order valence-electron chi connectivity index (χ3n) is 8.67. The molecule has 0 heterocycles. The lowest BCUT2D eigenvalue weighted by Gasteiger charge is -2.32. The lowest BCUT2D eigenvalue weighted by molar-refractivity contribution is -0.141. The number of hydrogen-bond acceptors (Lipinski definition) is 5. The molecule has 8 nitrogen and oxygen atoms in total. The summed E-state index contributed by atoms with van der Waals surface area (Å²) in [6, 6.07) is 23.4. The Bertz CT molecular complexity index is 1580. The second-order valence-electron chi connectivity index (χ2n) is 12.3. The molecule has 2 N–H and O–H groups in total. The van der Waals surface area contributed by atoms with Crippen molar-refractivity contribution >= 4 is 21.8 Å². The van der Waals surface area contributed by atoms with Gasteiger partial charge in [0.1, 0.15) is 11.8 Å². The standard InChI is InChI=1S/C37H45N3O5S/c1-45-33-19-12-31(13-20-33)27-40(36(41)23-16-29-14-21-34(22-15-29)46(43,44)39-32-17-18-32)35(26-30-10-6-3-7-11-30)37(42)38-25-24-28-8-4-2-5-9-28/h3,6-8,10-15,19-22,32,35,39H,2,4-5,9,16-18,23-27H2,1H3,(H,38,42)/t35-/m1/s1. The number of benzene rings is 3. The second kappa shape index (κ2) is 16.1. The molecule has 0 unspecified atom stereocenters. The van der Waals surface area contributed by atoms with Crippen LogP contribution in [0.2, 0.25) is 0 Å². The Balaban J connectivity index is 1.33. The maximum atomic E-state index is 14.1. The van der Waals surface area contributed by atoms with Gasteiger partial charge >= 0.3 is 0 Å². The van der Waals surface area contributed by atoms with Crippen molar-refractivity contribution in [3.8, 4) is 5.75 Å². The van der Waals surface area contributed by atoms with Gasteiger partial charge in [0.15, 0.2) is 0 Å². The first-order chi connectivity index (χ1) is 22.3. The summed E-state index contributed by atoms with van der Waals surface area (Å²) in [5, 5.41) is 3.15. The Morgan fingerprint density at radius 3 is 2.26 bits per heavy atom.